The van der Waals surface area contributed by atoms with Gasteiger partial charge in [-0.1, -0.05) is 66.7 Å². The van der Waals surface area contributed by atoms with Crippen LogP contribution in [-0.2, 0) is 13.1 Å². The van der Waals surface area contributed by atoms with E-state index in [4.69, 9.17) is 9.15 Å². The first-order valence-corrected chi connectivity index (χ1v) is 10.4. The number of furan rings is 1. The van der Waals surface area contributed by atoms with Crippen molar-refractivity contribution in [2.45, 2.75) is 26.1 Å². The Kier molecular flexibility index (Phi) is 6.34. The van der Waals surface area contributed by atoms with Crippen LogP contribution in [0, 0.1) is 0 Å². The third-order valence-corrected chi connectivity index (χ3v) is 5.32. The van der Waals surface area contributed by atoms with Crippen LogP contribution < -0.4 is 15.4 Å². The van der Waals surface area contributed by atoms with E-state index < -0.39 is 0 Å². The SMILES string of the molecule is COc1ccc(CNCc2ccccc2)c2cc(C(=O)N[C@@H](C)c3ccccc3)oc12. The number of hydrogen-bond acceptors (Lipinski definition) is 4. The Morgan fingerprint density at radius 3 is 2.39 bits per heavy atom. The van der Waals surface area contributed by atoms with Gasteiger partial charge in [-0.2, -0.15) is 0 Å². The lowest BCUT2D eigenvalue weighted by Gasteiger charge is -2.12. The number of rotatable bonds is 8. The number of methoxy groups -OCH3 is 1. The van der Waals surface area contributed by atoms with Gasteiger partial charge in [0, 0.05) is 18.5 Å². The molecule has 5 heteroatoms. The van der Waals surface area contributed by atoms with Crippen LogP contribution in [0.5, 0.6) is 5.75 Å². The summed E-state index contributed by atoms with van der Waals surface area (Å²) in [6, 6.07) is 25.6. The average Bonchev–Trinajstić information content (AvgIpc) is 3.26. The Morgan fingerprint density at radius 1 is 0.968 bits per heavy atom. The fourth-order valence-corrected chi connectivity index (χ4v) is 3.61. The molecule has 158 valence electrons. The molecule has 1 heterocycles. The second-order valence-corrected chi connectivity index (χ2v) is 7.48. The molecule has 4 aromatic rings. The first kappa shape index (κ1) is 20.7. The highest BCUT2D eigenvalue weighted by Gasteiger charge is 2.19. The van der Waals surface area contributed by atoms with Gasteiger partial charge in [-0.15, -0.1) is 0 Å². The zero-order valence-electron chi connectivity index (χ0n) is 17.7. The van der Waals surface area contributed by atoms with Gasteiger partial charge < -0.3 is 19.8 Å². The average molecular weight is 415 g/mol. The van der Waals surface area contributed by atoms with Crippen LogP contribution >= 0.6 is 0 Å². The molecule has 0 radical (unpaired) electrons. The number of hydrogen-bond donors (Lipinski definition) is 2. The van der Waals surface area contributed by atoms with E-state index in [1.807, 2.05) is 67.6 Å². The van der Waals surface area contributed by atoms with Gasteiger partial charge in [-0.25, -0.2) is 0 Å². The minimum atomic E-state index is -0.252. The van der Waals surface area contributed by atoms with Crippen LogP contribution in [0.2, 0.25) is 0 Å². The fraction of sp³-hybridized carbons (Fsp3) is 0.192. The van der Waals surface area contributed by atoms with Crippen LogP contribution in [-0.4, -0.2) is 13.0 Å². The Hall–Kier alpha value is -3.57. The smallest absolute Gasteiger partial charge is 0.287 e. The molecule has 31 heavy (non-hydrogen) atoms. The lowest BCUT2D eigenvalue weighted by molar-refractivity contribution is 0.0914. The Balaban J connectivity index is 1.53. The van der Waals surface area contributed by atoms with Crippen LogP contribution in [0.3, 0.4) is 0 Å². The summed E-state index contributed by atoms with van der Waals surface area (Å²) in [7, 11) is 1.60. The molecular formula is C26H26N2O3. The van der Waals surface area contributed by atoms with Crippen molar-refractivity contribution in [1.82, 2.24) is 10.6 Å². The van der Waals surface area contributed by atoms with E-state index in [0.29, 0.717) is 17.9 Å². The third kappa shape index (κ3) is 4.78. The molecule has 0 fully saturated rings. The molecule has 0 bridgehead atoms. The molecule has 2 N–H and O–H groups in total. The van der Waals surface area contributed by atoms with E-state index in [2.05, 4.69) is 22.8 Å². The van der Waals surface area contributed by atoms with Gasteiger partial charge >= 0.3 is 0 Å². The van der Waals surface area contributed by atoms with Crippen molar-refractivity contribution < 1.29 is 13.9 Å². The van der Waals surface area contributed by atoms with Gasteiger partial charge in [0.05, 0.1) is 13.2 Å². The maximum Gasteiger partial charge on any atom is 0.287 e. The lowest BCUT2D eigenvalue weighted by Crippen LogP contribution is -2.26. The monoisotopic (exact) mass is 414 g/mol. The minimum absolute atomic E-state index is 0.129. The second-order valence-electron chi connectivity index (χ2n) is 7.48. The highest BCUT2D eigenvalue weighted by atomic mass is 16.5. The predicted octanol–water partition coefficient (Wildman–Crippen LogP) is 5.22. The molecule has 0 aliphatic carbocycles. The van der Waals surface area contributed by atoms with Crippen molar-refractivity contribution in [2.24, 2.45) is 0 Å². The zero-order chi connectivity index (χ0) is 21.6. The summed E-state index contributed by atoms with van der Waals surface area (Å²) in [5, 5.41) is 7.34. The van der Waals surface area contributed by atoms with Crippen molar-refractivity contribution in [1.29, 1.82) is 0 Å². The number of amides is 1. The van der Waals surface area contributed by atoms with Crippen molar-refractivity contribution in [3.05, 3.63) is 101 Å². The van der Waals surface area contributed by atoms with Gasteiger partial charge in [0.25, 0.3) is 5.91 Å². The van der Waals surface area contributed by atoms with Gasteiger partial charge in [-0.05, 0) is 35.7 Å². The normalized spacial score (nSPS) is 11.9. The van der Waals surface area contributed by atoms with Crippen molar-refractivity contribution in [3.63, 3.8) is 0 Å². The number of ether oxygens (including phenoxy) is 1. The maximum absolute atomic E-state index is 12.8. The van der Waals surface area contributed by atoms with E-state index in [-0.39, 0.29) is 17.7 Å². The Bertz CT molecular complexity index is 1150. The number of carbonyl (C=O) groups is 1. The molecule has 4 rings (SSSR count). The molecule has 0 saturated heterocycles. The first-order valence-electron chi connectivity index (χ1n) is 10.4. The molecule has 1 atom stereocenters. The zero-order valence-corrected chi connectivity index (χ0v) is 17.7. The Morgan fingerprint density at radius 2 is 1.68 bits per heavy atom. The Labute approximate surface area is 182 Å². The third-order valence-electron chi connectivity index (χ3n) is 5.32. The highest BCUT2D eigenvalue weighted by molar-refractivity contribution is 5.98. The molecular weight excluding hydrogens is 388 g/mol. The van der Waals surface area contributed by atoms with Crippen LogP contribution in [0.4, 0.5) is 0 Å². The molecule has 1 aromatic heterocycles. The van der Waals surface area contributed by atoms with Gasteiger partial charge in [-0.3, -0.25) is 4.79 Å². The predicted molar refractivity (Wildman–Crippen MR) is 122 cm³/mol. The van der Waals surface area contributed by atoms with E-state index in [1.54, 1.807) is 13.2 Å². The van der Waals surface area contributed by atoms with Crippen molar-refractivity contribution >= 4 is 16.9 Å². The van der Waals surface area contributed by atoms with Crippen molar-refractivity contribution in [3.8, 4) is 5.75 Å². The van der Waals surface area contributed by atoms with Crippen molar-refractivity contribution in [2.75, 3.05) is 7.11 Å². The van der Waals surface area contributed by atoms with E-state index in [1.165, 1.54) is 5.56 Å². The largest absolute Gasteiger partial charge is 0.493 e. The molecule has 0 aliphatic rings. The molecule has 0 spiro atoms. The van der Waals surface area contributed by atoms with E-state index in [0.717, 1.165) is 23.1 Å². The minimum Gasteiger partial charge on any atom is -0.493 e. The van der Waals surface area contributed by atoms with Crippen LogP contribution in [0.25, 0.3) is 11.0 Å². The van der Waals surface area contributed by atoms with Crippen LogP contribution in [0.15, 0.2) is 83.3 Å². The van der Waals surface area contributed by atoms with Gasteiger partial charge in [0.15, 0.2) is 17.1 Å². The summed E-state index contributed by atoms with van der Waals surface area (Å²) in [5.41, 5.74) is 3.88. The molecule has 1 amide bonds. The highest BCUT2D eigenvalue weighted by Crippen LogP contribution is 2.32. The molecule has 0 unspecified atom stereocenters. The summed E-state index contributed by atoms with van der Waals surface area (Å²) >= 11 is 0. The summed E-state index contributed by atoms with van der Waals surface area (Å²) < 4.78 is 11.4. The van der Waals surface area contributed by atoms with Crippen LogP contribution in [0.1, 0.15) is 40.2 Å². The molecule has 0 aliphatic heterocycles. The number of fused-ring (bicyclic) bond motifs is 1. The summed E-state index contributed by atoms with van der Waals surface area (Å²) in [6.45, 7) is 3.36. The maximum atomic E-state index is 12.8. The number of benzene rings is 3. The standard InChI is InChI=1S/C26H26N2O3/c1-18(20-11-7-4-8-12-20)28-26(29)24-15-22-21(13-14-23(30-2)25(22)31-24)17-27-16-19-9-5-3-6-10-19/h3-15,18,27H,16-17H2,1-2H3,(H,28,29)/t18-/m0/s1. The van der Waals surface area contributed by atoms with Gasteiger partial charge in [0.1, 0.15) is 0 Å². The first-order chi connectivity index (χ1) is 15.2. The fourth-order valence-electron chi connectivity index (χ4n) is 3.61. The molecule has 0 saturated carbocycles. The number of nitrogens with one attached hydrogen (secondary N) is 2. The number of carbonyl (C=O) groups excluding carboxylic acids is 1. The summed E-state index contributed by atoms with van der Waals surface area (Å²) in [5.74, 6) is 0.626. The van der Waals surface area contributed by atoms with E-state index in [9.17, 15) is 4.79 Å². The molecule has 5 nitrogen and oxygen atoms in total. The topological polar surface area (TPSA) is 63.5 Å². The summed E-state index contributed by atoms with van der Waals surface area (Å²) in [4.78, 5) is 12.8. The van der Waals surface area contributed by atoms with E-state index >= 15 is 0 Å². The quantitative estimate of drug-likeness (QED) is 0.415. The van der Waals surface area contributed by atoms with Gasteiger partial charge in [0.2, 0.25) is 0 Å². The lowest BCUT2D eigenvalue weighted by atomic mass is 10.1. The molecule has 3 aromatic carbocycles. The summed E-state index contributed by atoms with van der Waals surface area (Å²) in [6.07, 6.45) is 0. The second kappa shape index (κ2) is 9.49.